The number of hydrogen-bond acceptors (Lipinski definition) is 3. The van der Waals surface area contributed by atoms with Crippen LogP contribution in [0, 0.1) is 0 Å². The summed E-state index contributed by atoms with van der Waals surface area (Å²) in [5, 5.41) is 0. The van der Waals surface area contributed by atoms with E-state index in [1.54, 1.807) is 7.11 Å². The molecule has 1 rings (SSSR count). The van der Waals surface area contributed by atoms with Crippen LogP contribution < -0.4 is 5.90 Å². The Balaban J connectivity index is 2.45. The van der Waals surface area contributed by atoms with Crippen molar-refractivity contribution in [3.8, 4) is 0 Å². The van der Waals surface area contributed by atoms with E-state index in [2.05, 4.69) is 43.0 Å². The lowest BCUT2D eigenvalue weighted by molar-refractivity contribution is 0.0158. The number of nitrogens with two attached hydrogens (primary N) is 1. The molecule has 0 aliphatic rings. The van der Waals surface area contributed by atoms with Crippen LogP contribution in [0.3, 0.4) is 0 Å². The van der Waals surface area contributed by atoms with Crippen LogP contribution in [0.1, 0.15) is 31.4 Å². The predicted octanol–water partition coefficient (Wildman–Crippen LogP) is 2.48. The summed E-state index contributed by atoms with van der Waals surface area (Å²) in [6, 6.07) is 8.59. The molecule has 0 fully saturated rings. The summed E-state index contributed by atoms with van der Waals surface area (Å²) in [5.74, 6) is 5.00. The third-order valence-electron chi connectivity index (χ3n) is 3.10. The topological polar surface area (TPSA) is 44.5 Å². The van der Waals surface area contributed by atoms with E-state index in [0.717, 1.165) is 19.3 Å². The highest BCUT2D eigenvalue weighted by atomic mass is 16.6. The predicted molar refractivity (Wildman–Crippen MR) is 69.7 cm³/mol. The summed E-state index contributed by atoms with van der Waals surface area (Å²) in [6.07, 6.45) is 2.92. The van der Waals surface area contributed by atoms with Gasteiger partial charge in [-0.1, -0.05) is 24.3 Å². The van der Waals surface area contributed by atoms with Gasteiger partial charge in [-0.05, 0) is 44.2 Å². The van der Waals surface area contributed by atoms with Gasteiger partial charge in [-0.2, -0.15) is 0 Å². The molecule has 0 aliphatic heterocycles. The average Bonchev–Trinajstić information content (AvgIpc) is 2.35. The first-order chi connectivity index (χ1) is 8.07. The van der Waals surface area contributed by atoms with Gasteiger partial charge in [-0.15, -0.1) is 0 Å². The van der Waals surface area contributed by atoms with Gasteiger partial charge in [0.1, 0.15) is 0 Å². The van der Waals surface area contributed by atoms with Crippen molar-refractivity contribution in [2.75, 3.05) is 13.7 Å². The van der Waals surface area contributed by atoms with Gasteiger partial charge in [0.25, 0.3) is 0 Å². The minimum Gasteiger partial charge on any atom is -0.379 e. The molecule has 0 unspecified atom stereocenters. The van der Waals surface area contributed by atoms with Crippen LogP contribution in [0.25, 0.3) is 0 Å². The molecule has 0 bridgehead atoms. The van der Waals surface area contributed by atoms with Crippen LogP contribution in [0.4, 0.5) is 0 Å². The molecule has 0 aromatic heterocycles. The van der Waals surface area contributed by atoms with Gasteiger partial charge in [0, 0.05) is 7.11 Å². The van der Waals surface area contributed by atoms with E-state index in [4.69, 9.17) is 10.6 Å². The lowest BCUT2D eigenvalue weighted by atomic mass is 9.98. The molecule has 0 saturated heterocycles. The fourth-order valence-electron chi connectivity index (χ4n) is 1.60. The molecule has 0 saturated carbocycles. The lowest BCUT2D eigenvalue weighted by Gasteiger charge is -2.22. The van der Waals surface area contributed by atoms with Crippen molar-refractivity contribution >= 4 is 0 Å². The summed E-state index contributed by atoms with van der Waals surface area (Å²) in [6.45, 7) is 4.79. The third-order valence-corrected chi connectivity index (χ3v) is 3.10. The molecule has 0 amide bonds. The molecule has 0 radical (unpaired) electrons. The molecule has 0 aliphatic carbocycles. The number of methoxy groups -OCH3 is 1. The maximum absolute atomic E-state index is 5.41. The Morgan fingerprint density at radius 1 is 1.06 bits per heavy atom. The number of benzene rings is 1. The Bertz CT molecular complexity index is 319. The smallest absolute Gasteiger partial charge is 0.0719 e. The van der Waals surface area contributed by atoms with E-state index < -0.39 is 0 Å². The Kier molecular flexibility index (Phi) is 5.62. The average molecular weight is 237 g/mol. The van der Waals surface area contributed by atoms with Gasteiger partial charge in [0.15, 0.2) is 0 Å². The fraction of sp³-hybridized carbons (Fsp3) is 0.571. The quantitative estimate of drug-likeness (QED) is 0.741. The van der Waals surface area contributed by atoms with Gasteiger partial charge in [-0.3, -0.25) is 0 Å². The van der Waals surface area contributed by atoms with Crippen molar-refractivity contribution in [3.05, 3.63) is 35.4 Å². The molecule has 1 aromatic rings. The molecule has 0 heterocycles. The largest absolute Gasteiger partial charge is 0.379 e. The second-order valence-corrected chi connectivity index (χ2v) is 4.90. The van der Waals surface area contributed by atoms with Gasteiger partial charge in [0.2, 0.25) is 0 Å². The van der Waals surface area contributed by atoms with Crippen molar-refractivity contribution in [3.63, 3.8) is 0 Å². The monoisotopic (exact) mass is 237 g/mol. The molecular weight excluding hydrogens is 214 g/mol. The van der Waals surface area contributed by atoms with Gasteiger partial charge in [-0.25, -0.2) is 5.90 Å². The first-order valence-corrected chi connectivity index (χ1v) is 6.02. The summed E-state index contributed by atoms with van der Waals surface area (Å²) < 4.78 is 5.41. The van der Waals surface area contributed by atoms with Crippen LogP contribution in [0.2, 0.25) is 0 Å². The molecular formula is C14H23NO2. The summed E-state index contributed by atoms with van der Waals surface area (Å²) in [7, 11) is 1.76. The van der Waals surface area contributed by atoms with Crippen molar-refractivity contribution in [2.24, 2.45) is 5.90 Å². The van der Waals surface area contributed by atoms with Crippen LogP contribution in [-0.2, 0) is 22.4 Å². The molecule has 1 aromatic carbocycles. The molecule has 2 N–H and O–H groups in total. The Labute approximate surface area is 104 Å². The maximum atomic E-state index is 5.41. The van der Waals surface area contributed by atoms with Crippen LogP contribution in [-0.4, -0.2) is 19.3 Å². The molecule has 0 spiro atoms. The number of hydrogen-bond donors (Lipinski definition) is 1. The Morgan fingerprint density at radius 3 is 2.06 bits per heavy atom. The van der Waals surface area contributed by atoms with Crippen molar-refractivity contribution in [1.29, 1.82) is 0 Å². The van der Waals surface area contributed by atoms with Gasteiger partial charge in [0.05, 0.1) is 12.2 Å². The van der Waals surface area contributed by atoms with E-state index in [9.17, 15) is 0 Å². The molecule has 3 heteroatoms. The molecule has 3 nitrogen and oxygen atoms in total. The van der Waals surface area contributed by atoms with E-state index in [1.165, 1.54) is 11.1 Å². The van der Waals surface area contributed by atoms with E-state index in [0.29, 0.717) is 6.61 Å². The number of ether oxygens (including phenoxy) is 1. The van der Waals surface area contributed by atoms with Crippen molar-refractivity contribution in [1.82, 2.24) is 0 Å². The molecule has 96 valence electrons. The van der Waals surface area contributed by atoms with E-state index in [1.807, 2.05) is 0 Å². The summed E-state index contributed by atoms with van der Waals surface area (Å²) in [4.78, 5) is 4.57. The highest BCUT2D eigenvalue weighted by molar-refractivity contribution is 5.23. The van der Waals surface area contributed by atoms with E-state index >= 15 is 0 Å². The van der Waals surface area contributed by atoms with Crippen LogP contribution >= 0.6 is 0 Å². The first kappa shape index (κ1) is 14.2. The third kappa shape index (κ3) is 5.31. The maximum Gasteiger partial charge on any atom is 0.0719 e. The second kappa shape index (κ2) is 6.74. The van der Waals surface area contributed by atoms with Crippen molar-refractivity contribution < 1.29 is 9.57 Å². The minimum absolute atomic E-state index is 0.0495. The zero-order chi connectivity index (χ0) is 12.7. The number of aryl methyl sites for hydroxylation is 1. The number of rotatable bonds is 7. The first-order valence-electron chi connectivity index (χ1n) is 6.02. The Morgan fingerprint density at radius 2 is 1.59 bits per heavy atom. The molecule has 0 atom stereocenters. The summed E-state index contributed by atoms with van der Waals surface area (Å²) in [5.41, 5.74) is 2.55. The minimum atomic E-state index is -0.0495. The zero-order valence-corrected chi connectivity index (χ0v) is 11.0. The lowest BCUT2D eigenvalue weighted by Crippen LogP contribution is -2.22. The van der Waals surface area contributed by atoms with Crippen LogP contribution in [0.15, 0.2) is 24.3 Å². The normalized spacial score (nSPS) is 11.8. The highest BCUT2D eigenvalue weighted by Gasteiger charge is 2.15. The molecule has 17 heavy (non-hydrogen) atoms. The van der Waals surface area contributed by atoms with Gasteiger partial charge < -0.3 is 9.57 Å². The van der Waals surface area contributed by atoms with Crippen molar-refractivity contribution in [2.45, 2.75) is 38.7 Å². The standard InChI is InChI=1S/C14H23NO2/c1-14(2,16-3)10-8-12-4-6-13(7-5-12)9-11-17-15/h4-7H,8-11,15H2,1-3H3. The zero-order valence-electron chi connectivity index (χ0n) is 11.0. The highest BCUT2D eigenvalue weighted by Crippen LogP contribution is 2.17. The SMILES string of the molecule is COC(C)(C)CCc1ccc(CCON)cc1. The second-order valence-electron chi connectivity index (χ2n) is 4.90. The van der Waals surface area contributed by atoms with Crippen LogP contribution in [0.5, 0.6) is 0 Å². The van der Waals surface area contributed by atoms with E-state index in [-0.39, 0.29) is 5.60 Å². The van der Waals surface area contributed by atoms with Gasteiger partial charge >= 0.3 is 0 Å². The fourth-order valence-corrected chi connectivity index (χ4v) is 1.60. The Hall–Kier alpha value is -0.900. The summed E-state index contributed by atoms with van der Waals surface area (Å²) >= 11 is 0.